The summed E-state index contributed by atoms with van der Waals surface area (Å²) in [5, 5.41) is 1.14. The van der Waals surface area contributed by atoms with Crippen molar-refractivity contribution in [2.45, 2.75) is 39.2 Å². The van der Waals surface area contributed by atoms with Gasteiger partial charge in [0.1, 0.15) is 5.65 Å². The highest BCUT2D eigenvalue weighted by molar-refractivity contribution is 8.00. The highest BCUT2D eigenvalue weighted by Gasteiger charge is 2.18. The van der Waals surface area contributed by atoms with Crippen molar-refractivity contribution < 1.29 is 0 Å². The second kappa shape index (κ2) is 8.20. The van der Waals surface area contributed by atoms with E-state index in [2.05, 4.69) is 94.3 Å². The molecule has 0 bridgehead atoms. The first-order valence-electron chi connectivity index (χ1n) is 11.9. The molecule has 3 aromatic heterocycles. The number of benzene rings is 2. The molecular formula is C28H29N5S. The molecule has 0 spiro atoms. The molecule has 0 saturated carbocycles. The number of H-pyrrole nitrogens is 1. The van der Waals surface area contributed by atoms with Crippen LogP contribution in [0.2, 0.25) is 0 Å². The van der Waals surface area contributed by atoms with Gasteiger partial charge in [0.2, 0.25) is 0 Å². The number of imidazole rings is 1. The Morgan fingerprint density at radius 2 is 1.85 bits per heavy atom. The molecule has 34 heavy (non-hydrogen) atoms. The smallest absolute Gasteiger partial charge is 0.137 e. The third kappa shape index (κ3) is 3.76. The minimum absolute atomic E-state index is 0.0278. The zero-order valence-corrected chi connectivity index (χ0v) is 20.7. The van der Waals surface area contributed by atoms with Crippen LogP contribution in [0, 0.1) is 0 Å². The molecular weight excluding hydrogens is 438 g/mol. The van der Waals surface area contributed by atoms with Crippen LogP contribution in [0.5, 0.6) is 0 Å². The number of aromatic nitrogens is 4. The van der Waals surface area contributed by atoms with Crippen LogP contribution in [0.25, 0.3) is 44.3 Å². The van der Waals surface area contributed by atoms with Gasteiger partial charge in [-0.2, -0.15) is 0 Å². The summed E-state index contributed by atoms with van der Waals surface area (Å²) in [6.45, 7) is 7.73. The monoisotopic (exact) mass is 467 g/mol. The minimum atomic E-state index is -0.0278. The predicted molar refractivity (Wildman–Crippen MR) is 144 cm³/mol. The molecule has 2 aromatic carbocycles. The number of anilines is 1. The Labute approximate surface area is 204 Å². The molecule has 172 valence electrons. The Morgan fingerprint density at radius 3 is 2.68 bits per heavy atom. The Hall–Kier alpha value is -3.25. The second-order valence-corrected chi connectivity index (χ2v) is 11.1. The van der Waals surface area contributed by atoms with E-state index in [1.54, 1.807) is 0 Å². The van der Waals surface area contributed by atoms with E-state index in [0.29, 0.717) is 0 Å². The molecule has 0 amide bonds. The number of hydrogen-bond acceptors (Lipinski definition) is 4. The molecule has 0 aliphatic carbocycles. The number of hydrogen-bond donors (Lipinski definition) is 1. The van der Waals surface area contributed by atoms with Gasteiger partial charge in [0.15, 0.2) is 0 Å². The molecule has 0 atom stereocenters. The summed E-state index contributed by atoms with van der Waals surface area (Å²) in [4.78, 5) is 12.7. The quantitative estimate of drug-likeness (QED) is 0.284. The van der Waals surface area contributed by atoms with Gasteiger partial charge >= 0.3 is 0 Å². The van der Waals surface area contributed by atoms with Crippen molar-refractivity contribution in [1.82, 2.24) is 19.5 Å². The number of aromatic amines is 1. The van der Waals surface area contributed by atoms with E-state index in [0.717, 1.165) is 39.7 Å². The van der Waals surface area contributed by atoms with Crippen molar-refractivity contribution in [1.29, 1.82) is 0 Å². The fourth-order valence-electron chi connectivity index (χ4n) is 4.75. The molecule has 5 nitrogen and oxygen atoms in total. The number of rotatable bonds is 3. The van der Waals surface area contributed by atoms with E-state index >= 15 is 0 Å². The van der Waals surface area contributed by atoms with Gasteiger partial charge in [-0.1, -0.05) is 18.2 Å². The SMILES string of the molecule is CC(C)(C)n1cnc2ccc(-c3c[nH]c4ncc(-c5cccc(N6CCCCS6)c5)cc34)cc21. The summed E-state index contributed by atoms with van der Waals surface area (Å²) in [6, 6.07) is 17.6. The van der Waals surface area contributed by atoms with E-state index < -0.39 is 0 Å². The van der Waals surface area contributed by atoms with E-state index in [1.165, 1.54) is 35.4 Å². The molecule has 5 aromatic rings. The van der Waals surface area contributed by atoms with Gasteiger partial charge in [-0.05, 0) is 87.0 Å². The van der Waals surface area contributed by atoms with Crippen LogP contribution in [0.3, 0.4) is 0 Å². The Morgan fingerprint density at radius 1 is 0.941 bits per heavy atom. The first-order chi connectivity index (χ1) is 16.5. The molecule has 1 saturated heterocycles. The van der Waals surface area contributed by atoms with Crippen molar-refractivity contribution in [3.05, 3.63) is 67.3 Å². The van der Waals surface area contributed by atoms with Crippen LogP contribution in [-0.2, 0) is 5.54 Å². The van der Waals surface area contributed by atoms with Crippen molar-refractivity contribution in [2.75, 3.05) is 16.6 Å². The van der Waals surface area contributed by atoms with Crippen LogP contribution in [0.1, 0.15) is 33.6 Å². The number of nitrogens with zero attached hydrogens (tertiary/aromatic N) is 4. The first kappa shape index (κ1) is 21.3. The van der Waals surface area contributed by atoms with Crippen LogP contribution in [-0.4, -0.2) is 31.8 Å². The molecule has 6 rings (SSSR count). The zero-order valence-electron chi connectivity index (χ0n) is 19.9. The second-order valence-electron chi connectivity index (χ2n) is 10.0. The average molecular weight is 468 g/mol. The van der Waals surface area contributed by atoms with E-state index in [1.807, 2.05) is 24.5 Å². The summed E-state index contributed by atoms with van der Waals surface area (Å²) >= 11 is 1.93. The highest BCUT2D eigenvalue weighted by atomic mass is 32.2. The minimum Gasteiger partial charge on any atom is -0.346 e. The van der Waals surface area contributed by atoms with Gasteiger partial charge in [-0.15, -0.1) is 0 Å². The van der Waals surface area contributed by atoms with E-state index in [4.69, 9.17) is 4.98 Å². The zero-order chi connectivity index (χ0) is 23.3. The maximum atomic E-state index is 4.76. The van der Waals surface area contributed by atoms with Crippen LogP contribution < -0.4 is 4.31 Å². The third-order valence-electron chi connectivity index (χ3n) is 6.58. The van der Waals surface area contributed by atoms with Gasteiger partial charge in [0.05, 0.1) is 17.4 Å². The van der Waals surface area contributed by atoms with Crippen LogP contribution >= 0.6 is 11.9 Å². The third-order valence-corrected chi connectivity index (χ3v) is 7.76. The maximum Gasteiger partial charge on any atom is 0.137 e. The lowest BCUT2D eigenvalue weighted by molar-refractivity contribution is 0.408. The Balaban J connectivity index is 1.42. The number of pyridine rings is 1. The standard InChI is InChI=1S/C28H29N5S/c1-28(2,3)32-18-31-25-10-9-20(15-26(25)32)24-17-30-27-23(24)14-21(16-29-27)19-7-6-8-22(13-19)33-11-4-5-12-34-33/h6-10,13-18H,4-5,11-12H2,1-3H3,(H,29,30). The average Bonchev–Trinajstić information content (AvgIpc) is 3.48. The molecule has 4 heterocycles. The van der Waals surface area contributed by atoms with Crippen LogP contribution in [0.4, 0.5) is 5.69 Å². The lowest BCUT2D eigenvalue weighted by Gasteiger charge is -2.27. The first-order valence-corrected chi connectivity index (χ1v) is 12.9. The largest absolute Gasteiger partial charge is 0.346 e. The maximum absolute atomic E-state index is 4.76. The lowest BCUT2D eigenvalue weighted by Crippen LogP contribution is -2.20. The van der Waals surface area contributed by atoms with Crippen molar-refractivity contribution in [3.8, 4) is 22.3 Å². The summed E-state index contributed by atoms with van der Waals surface area (Å²) < 4.78 is 4.67. The molecule has 0 unspecified atom stereocenters. The Kier molecular flexibility index (Phi) is 5.14. The molecule has 1 fully saturated rings. The summed E-state index contributed by atoms with van der Waals surface area (Å²) in [5.74, 6) is 1.20. The molecule has 1 N–H and O–H groups in total. The van der Waals surface area contributed by atoms with Gasteiger partial charge < -0.3 is 13.9 Å². The van der Waals surface area contributed by atoms with Gasteiger partial charge in [-0.3, -0.25) is 0 Å². The summed E-state index contributed by atoms with van der Waals surface area (Å²) in [5.41, 5.74) is 8.99. The fourth-order valence-corrected chi connectivity index (χ4v) is 5.83. The number of fused-ring (bicyclic) bond motifs is 2. The molecule has 1 aliphatic heterocycles. The molecule has 6 heteroatoms. The van der Waals surface area contributed by atoms with Gasteiger partial charge in [0.25, 0.3) is 0 Å². The summed E-state index contributed by atoms with van der Waals surface area (Å²) in [6.07, 6.45) is 8.55. The predicted octanol–water partition coefficient (Wildman–Crippen LogP) is 7.25. The lowest BCUT2D eigenvalue weighted by atomic mass is 10.0. The fraction of sp³-hybridized carbons (Fsp3) is 0.286. The van der Waals surface area contributed by atoms with Gasteiger partial charge in [-0.25, -0.2) is 9.97 Å². The van der Waals surface area contributed by atoms with E-state index in [-0.39, 0.29) is 5.54 Å². The highest BCUT2D eigenvalue weighted by Crippen LogP contribution is 2.35. The normalized spacial score (nSPS) is 14.9. The van der Waals surface area contributed by atoms with E-state index in [9.17, 15) is 0 Å². The Bertz CT molecular complexity index is 1480. The molecule has 0 radical (unpaired) electrons. The van der Waals surface area contributed by atoms with Crippen molar-refractivity contribution >= 4 is 39.7 Å². The summed E-state index contributed by atoms with van der Waals surface area (Å²) in [7, 11) is 0. The van der Waals surface area contributed by atoms with Crippen molar-refractivity contribution in [3.63, 3.8) is 0 Å². The number of nitrogens with one attached hydrogen (secondary N) is 1. The van der Waals surface area contributed by atoms with Crippen molar-refractivity contribution in [2.24, 2.45) is 0 Å². The topological polar surface area (TPSA) is 49.7 Å². The molecule has 1 aliphatic rings. The van der Waals surface area contributed by atoms with Crippen LogP contribution in [0.15, 0.2) is 67.3 Å². The van der Waals surface area contributed by atoms with Gasteiger partial charge in [0, 0.05) is 52.4 Å².